The largest absolute Gasteiger partial charge is 0.444 e. The van der Waals surface area contributed by atoms with Crippen LogP contribution in [0.2, 0.25) is 0 Å². The van der Waals surface area contributed by atoms with Crippen LogP contribution in [-0.4, -0.2) is 38.9 Å². The lowest BCUT2D eigenvalue weighted by molar-refractivity contribution is 0.0477. The molecule has 0 saturated heterocycles. The topological polar surface area (TPSA) is 107 Å². The highest BCUT2D eigenvalue weighted by atomic mass is 32.3. The summed E-state index contributed by atoms with van der Waals surface area (Å²) in [6.07, 6.45) is 2.29. The highest BCUT2D eigenvalue weighted by Gasteiger charge is 2.63. The molecule has 36 heavy (non-hydrogen) atoms. The number of unbranched alkanes of at least 4 members (excludes halogenated alkanes) is 4. The summed E-state index contributed by atoms with van der Waals surface area (Å²) < 4.78 is 73.7. The van der Waals surface area contributed by atoms with Gasteiger partial charge in [-0.3, -0.25) is 0 Å². The highest BCUT2D eigenvalue weighted by molar-refractivity contribution is 8.10. The van der Waals surface area contributed by atoms with E-state index in [0.29, 0.717) is 12.8 Å². The monoisotopic (exact) mass is 541 g/mol. The van der Waals surface area contributed by atoms with Crippen molar-refractivity contribution in [2.45, 2.75) is 92.0 Å². The van der Waals surface area contributed by atoms with E-state index in [1.54, 1.807) is 20.8 Å². The van der Waals surface area contributed by atoms with Gasteiger partial charge in [-0.25, -0.2) is 26.0 Å². The standard InChI is InChI=1S/C26H36FNO6S2/c1-5-6-7-8-15-20-23(28-24(29)34-25(2,3)4)26(27,35(30,31)21-16-11-9-12-17-21)36(32,33)22-18-13-10-14-19-22/h9-14,16-19,23H,5-8,15,20H2,1-4H3,(H,28,29)/t23-/m0/s1. The van der Waals surface area contributed by atoms with Crippen LogP contribution in [0.15, 0.2) is 70.5 Å². The second kappa shape index (κ2) is 12.2. The third kappa shape index (κ3) is 6.85. The first-order valence-corrected chi connectivity index (χ1v) is 15.0. The number of hydrogen-bond donors (Lipinski definition) is 1. The first-order valence-electron chi connectivity index (χ1n) is 12.0. The van der Waals surface area contributed by atoms with E-state index in [1.165, 1.54) is 36.4 Å². The molecule has 0 unspecified atom stereocenters. The summed E-state index contributed by atoms with van der Waals surface area (Å²) in [4.78, 5) is 11.7. The maximum atomic E-state index is 17.3. The Morgan fingerprint density at radius 2 is 1.28 bits per heavy atom. The SMILES string of the molecule is CCCCCCC[C@H](NC(=O)OC(C)(C)C)C(F)(S(=O)(=O)c1ccccc1)S(=O)(=O)c1ccccc1. The van der Waals surface area contributed by atoms with E-state index in [-0.39, 0.29) is 6.42 Å². The van der Waals surface area contributed by atoms with E-state index in [1.807, 2.05) is 6.92 Å². The molecule has 0 fully saturated rings. The van der Waals surface area contributed by atoms with Gasteiger partial charge in [-0.05, 0) is 51.5 Å². The van der Waals surface area contributed by atoms with E-state index < -0.39 is 51.5 Å². The second-order valence-electron chi connectivity index (χ2n) is 9.62. The van der Waals surface area contributed by atoms with Gasteiger partial charge in [-0.2, -0.15) is 0 Å². The highest BCUT2D eigenvalue weighted by Crippen LogP contribution is 2.41. The van der Waals surface area contributed by atoms with Crippen molar-refractivity contribution in [1.82, 2.24) is 5.32 Å². The Morgan fingerprint density at radius 3 is 1.69 bits per heavy atom. The van der Waals surface area contributed by atoms with Crippen LogP contribution in [0.1, 0.15) is 66.2 Å². The summed E-state index contributed by atoms with van der Waals surface area (Å²) in [5.41, 5.74) is -0.967. The van der Waals surface area contributed by atoms with Gasteiger partial charge in [0.25, 0.3) is 0 Å². The normalized spacial score (nSPS) is 13.7. The van der Waals surface area contributed by atoms with E-state index in [2.05, 4.69) is 5.32 Å². The molecule has 0 saturated carbocycles. The summed E-state index contributed by atoms with van der Waals surface area (Å²) in [6, 6.07) is 11.2. The van der Waals surface area contributed by atoms with Gasteiger partial charge in [0, 0.05) is 0 Å². The van der Waals surface area contributed by atoms with Crippen molar-refractivity contribution in [3.05, 3.63) is 60.7 Å². The predicted octanol–water partition coefficient (Wildman–Crippen LogP) is 5.81. The van der Waals surface area contributed by atoms with Crippen molar-refractivity contribution in [2.75, 3.05) is 0 Å². The number of alkyl halides is 1. The molecule has 0 radical (unpaired) electrons. The molecule has 200 valence electrons. The van der Waals surface area contributed by atoms with Crippen molar-refractivity contribution in [3.63, 3.8) is 0 Å². The molecule has 0 spiro atoms. The third-order valence-corrected chi connectivity index (χ3v) is 10.7. The van der Waals surface area contributed by atoms with Crippen LogP contribution >= 0.6 is 0 Å². The molecule has 0 aliphatic rings. The molecule has 2 rings (SSSR count). The van der Waals surface area contributed by atoms with Gasteiger partial charge in [0.05, 0.1) is 15.8 Å². The maximum Gasteiger partial charge on any atom is 0.408 e. The lowest BCUT2D eigenvalue weighted by atomic mass is 10.1. The van der Waals surface area contributed by atoms with Gasteiger partial charge in [0.15, 0.2) is 0 Å². The molecule has 0 aromatic heterocycles. The number of sulfone groups is 2. The second-order valence-corrected chi connectivity index (χ2v) is 14.0. The average Bonchev–Trinajstić information content (AvgIpc) is 2.82. The van der Waals surface area contributed by atoms with E-state index in [4.69, 9.17) is 4.74 Å². The fraction of sp³-hybridized carbons (Fsp3) is 0.500. The van der Waals surface area contributed by atoms with Gasteiger partial charge in [0.2, 0.25) is 19.7 Å². The van der Waals surface area contributed by atoms with Crippen LogP contribution in [0.25, 0.3) is 0 Å². The third-order valence-electron chi connectivity index (χ3n) is 5.54. The molecule has 1 N–H and O–H groups in total. The zero-order valence-electron chi connectivity index (χ0n) is 21.2. The number of benzene rings is 2. The van der Waals surface area contributed by atoms with Crippen LogP contribution in [-0.2, 0) is 24.4 Å². The zero-order chi connectivity index (χ0) is 27.0. The number of carbonyl (C=O) groups is 1. The number of alkyl carbamates (subject to hydrolysis) is 1. The van der Waals surface area contributed by atoms with E-state index >= 15 is 4.39 Å². The molecule has 0 aliphatic carbocycles. The minimum Gasteiger partial charge on any atom is -0.444 e. The molecular formula is C26H36FNO6S2. The summed E-state index contributed by atoms with van der Waals surface area (Å²) in [5.74, 6) is 0. The minimum absolute atomic E-state index is 0.225. The molecule has 2 aromatic rings. The Kier molecular flexibility index (Phi) is 10.1. The summed E-state index contributed by atoms with van der Waals surface area (Å²) in [5, 5.41) is 2.26. The fourth-order valence-corrected chi connectivity index (χ4v) is 8.28. The van der Waals surface area contributed by atoms with Gasteiger partial charge >= 0.3 is 10.4 Å². The fourth-order valence-electron chi connectivity index (χ4n) is 3.77. The number of carbonyl (C=O) groups excluding carboxylic acids is 1. The number of amides is 1. The van der Waals surface area contributed by atoms with Gasteiger partial charge < -0.3 is 10.1 Å². The molecule has 1 atom stereocenters. The first-order chi connectivity index (χ1) is 16.8. The van der Waals surface area contributed by atoms with Crippen LogP contribution < -0.4 is 5.32 Å². The van der Waals surface area contributed by atoms with Crippen molar-refractivity contribution in [3.8, 4) is 0 Å². The average molecular weight is 542 g/mol. The van der Waals surface area contributed by atoms with Crippen molar-refractivity contribution >= 4 is 25.8 Å². The molecule has 2 aromatic carbocycles. The van der Waals surface area contributed by atoms with Crippen LogP contribution in [0.5, 0.6) is 0 Å². The Bertz CT molecular complexity index is 1120. The maximum absolute atomic E-state index is 17.3. The quantitative estimate of drug-likeness (QED) is 0.340. The van der Waals surface area contributed by atoms with E-state index in [9.17, 15) is 21.6 Å². The molecular weight excluding hydrogens is 505 g/mol. The Balaban J connectivity index is 2.68. The minimum atomic E-state index is -5.17. The molecule has 10 heteroatoms. The predicted molar refractivity (Wildman–Crippen MR) is 138 cm³/mol. The smallest absolute Gasteiger partial charge is 0.408 e. The molecule has 1 amide bonds. The molecule has 7 nitrogen and oxygen atoms in total. The molecule has 0 heterocycles. The van der Waals surface area contributed by atoms with Crippen LogP contribution in [0.3, 0.4) is 0 Å². The van der Waals surface area contributed by atoms with Crippen molar-refractivity contribution < 1.29 is 30.8 Å². The summed E-state index contributed by atoms with van der Waals surface area (Å²) in [7, 11) is -10.3. The van der Waals surface area contributed by atoms with Crippen LogP contribution in [0.4, 0.5) is 9.18 Å². The molecule has 0 aliphatic heterocycles. The number of halogens is 1. The Morgan fingerprint density at radius 1 is 0.833 bits per heavy atom. The zero-order valence-corrected chi connectivity index (χ0v) is 22.9. The molecule has 0 bridgehead atoms. The summed E-state index contributed by atoms with van der Waals surface area (Å²) >= 11 is 0. The van der Waals surface area contributed by atoms with Crippen molar-refractivity contribution in [1.29, 1.82) is 0 Å². The van der Waals surface area contributed by atoms with Gasteiger partial charge in [0.1, 0.15) is 5.60 Å². The number of rotatable bonds is 12. The number of hydrogen-bond acceptors (Lipinski definition) is 6. The Labute approximate surface area is 214 Å². The lowest BCUT2D eigenvalue weighted by Gasteiger charge is -2.34. The number of ether oxygens (including phenoxy) is 1. The number of nitrogens with one attached hydrogen (secondary N) is 1. The van der Waals surface area contributed by atoms with Crippen molar-refractivity contribution in [2.24, 2.45) is 0 Å². The van der Waals surface area contributed by atoms with E-state index in [0.717, 1.165) is 43.5 Å². The van der Waals surface area contributed by atoms with Gasteiger partial charge in [-0.15, -0.1) is 0 Å². The lowest BCUT2D eigenvalue weighted by Crippen LogP contribution is -2.59. The van der Waals surface area contributed by atoms with Crippen LogP contribution in [0, 0.1) is 0 Å². The van der Waals surface area contributed by atoms with Gasteiger partial charge in [-0.1, -0.05) is 75.4 Å². The summed E-state index contributed by atoms with van der Waals surface area (Å²) in [6.45, 7) is 6.81. The first kappa shape index (κ1) is 29.8. The Hall–Kier alpha value is -2.46.